The molecule has 0 saturated carbocycles. The number of nitrogens with zero attached hydrogens (tertiary/aromatic N) is 1. The molecular weight excluding hydrogens is 160 g/mol. The molecule has 0 aliphatic rings. The summed E-state index contributed by atoms with van der Waals surface area (Å²) in [5.41, 5.74) is 2.15. The van der Waals surface area contributed by atoms with Crippen molar-refractivity contribution in [2.75, 3.05) is 0 Å². The fraction of sp³-hybridized carbons (Fsp3) is 0. The lowest BCUT2D eigenvalue weighted by atomic mass is 10.2. The van der Waals surface area contributed by atoms with Crippen LogP contribution in [-0.4, -0.2) is 4.98 Å². The molecule has 13 heavy (non-hydrogen) atoms. The zero-order chi connectivity index (χ0) is 9.10. The van der Waals surface area contributed by atoms with Crippen molar-refractivity contribution in [3.63, 3.8) is 0 Å². The van der Waals surface area contributed by atoms with Crippen LogP contribution < -0.4 is 0 Å². The molecule has 2 nitrogen and oxygen atoms in total. The van der Waals surface area contributed by atoms with Crippen molar-refractivity contribution >= 4 is 17.0 Å². The van der Waals surface area contributed by atoms with Gasteiger partial charge in [0.15, 0.2) is 0 Å². The Bertz CT molecular complexity index is 486. The van der Waals surface area contributed by atoms with Gasteiger partial charge in [0, 0.05) is 28.7 Å². The van der Waals surface area contributed by atoms with Crippen LogP contribution in [0.2, 0.25) is 0 Å². The van der Waals surface area contributed by atoms with Gasteiger partial charge in [0.05, 0.1) is 6.07 Å². The Balaban J connectivity index is 2.59. The van der Waals surface area contributed by atoms with Crippen molar-refractivity contribution in [2.45, 2.75) is 0 Å². The van der Waals surface area contributed by atoms with Crippen LogP contribution in [0.4, 0.5) is 0 Å². The van der Waals surface area contributed by atoms with E-state index in [1.54, 1.807) is 6.08 Å². The molecule has 2 aromatic rings. The number of fused-ring (bicyclic) bond motifs is 1. The number of aromatic amines is 1. The van der Waals surface area contributed by atoms with E-state index in [1.807, 2.05) is 36.5 Å². The highest BCUT2D eigenvalue weighted by molar-refractivity contribution is 5.88. The van der Waals surface area contributed by atoms with Crippen LogP contribution >= 0.6 is 0 Å². The molecule has 1 aromatic carbocycles. The summed E-state index contributed by atoms with van der Waals surface area (Å²) in [6.07, 6.45) is 5.19. The Labute approximate surface area is 76.1 Å². The topological polar surface area (TPSA) is 39.6 Å². The van der Waals surface area contributed by atoms with E-state index >= 15 is 0 Å². The fourth-order valence-corrected chi connectivity index (χ4v) is 1.36. The second-order valence-corrected chi connectivity index (χ2v) is 2.75. The molecule has 2 heteroatoms. The first-order valence-electron chi connectivity index (χ1n) is 4.04. The molecular formula is C11H8N2. The van der Waals surface area contributed by atoms with Gasteiger partial charge in [-0.3, -0.25) is 0 Å². The lowest BCUT2D eigenvalue weighted by Crippen LogP contribution is -1.66. The SMILES string of the molecule is N#C/C=C\c1c[nH]c2ccccc12. The molecule has 0 radical (unpaired) electrons. The number of allylic oxidation sites excluding steroid dienone is 1. The van der Waals surface area contributed by atoms with E-state index in [0.29, 0.717) is 0 Å². The molecule has 0 aliphatic carbocycles. The van der Waals surface area contributed by atoms with Crippen molar-refractivity contribution in [2.24, 2.45) is 0 Å². The minimum atomic E-state index is 1.05. The molecule has 0 atom stereocenters. The molecule has 0 bridgehead atoms. The van der Waals surface area contributed by atoms with Crippen LogP contribution in [0.25, 0.3) is 17.0 Å². The fourth-order valence-electron chi connectivity index (χ4n) is 1.36. The summed E-state index contributed by atoms with van der Waals surface area (Å²) in [5.74, 6) is 0. The number of benzene rings is 1. The normalized spacial score (nSPS) is 10.7. The largest absolute Gasteiger partial charge is 0.361 e. The van der Waals surface area contributed by atoms with E-state index in [2.05, 4.69) is 4.98 Å². The van der Waals surface area contributed by atoms with Crippen molar-refractivity contribution in [3.8, 4) is 6.07 Å². The van der Waals surface area contributed by atoms with Crippen LogP contribution in [-0.2, 0) is 0 Å². The van der Waals surface area contributed by atoms with E-state index in [-0.39, 0.29) is 0 Å². The molecule has 0 aliphatic heterocycles. The van der Waals surface area contributed by atoms with Gasteiger partial charge < -0.3 is 4.98 Å². The first kappa shape index (κ1) is 7.63. The summed E-state index contributed by atoms with van der Waals surface area (Å²) in [6, 6.07) is 9.99. The zero-order valence-corrected chi connectivity index (χ0v) is 6.99. The maximum Gasteiger partial charge on any atom is 0.0912 e. The maximum absolute atomic E-state index is 8.39. The molecule has 0 unspecified atom stereocenters. The van der Waals surface area contributed by atoms with E-state index in [9.17, 15) is 0 Å². The van der Waals surface area contributed by atoms with Gasteiger partial charge in [0.2, 0.25) is 0 Å². The number of nitrogens with one attached hydrogen (secondary N) is 1. The first-order valence-corrected chi connectivity index (χ1v) is 4.04. The second-order valence-electron chi connectivity index (χ2n) is 2.75. The molecule has 1 aromatic heterocycles. The van der Waals surface area contributed by atoms with Gasteiger partial charge in [0.25, 0.3) is 0 Å². The third kappa shape index (κ3) is 1.32. The summed E-state index contributed by atoms with van der Waals surface area (Å²) in [5, 5.41) is 9.54. The third-order valence-corrected chi connectivity index (χ3v) is 1.96. The van der Waals surface area contributed by atoms with E-state index in [4.69, 9.17) is 5.26 Å². The average Bonchev–Trinajstić information content (AvgIpc) is 2.58. The molecule has 62 valence electrons. The number of hydrogen-bond acceptors (Lipinski definition) is 1. The number of nitriles is 1. The summed E-state index contributed by atoms with van der Waals surface area (Å²) < 4.78 is 0. The summed E-state index contributed by atoms with van der Waals surface area (Å²) in [4.78, 5) is 3.14. The predicted octanol–water partition coefficient (Wildman–Crippen LogP) is 2.70. The number of para-hydroxylation sites is 1. The highest BCUT2D eigenvalue weighted by Gasteiger charge is 1.97. The van der Waals surface area contributed by atoms with Crippen LogP contribution in [0.15, 0.2) is 36.5 Å². The lowest BCUT2D eigenvalue weighted by molar-refractivity contribution is 1.47. The van der Waals surface area contributed by atoms with Gasteiger partial charge in [-0.25, -0.2) is 0 Å². The van der Waals surface area contributed by atoms with Crippen LogP contribution in [0, 0.1) is 11.3 Å². The lowest BCUT2D eigenvalue weighted by Gasteiger charge is -1.88. The Morgan fingerprint density at radius 3 is 3.00 bits per heavy atom. The molecule has 1 heterocycles. The quantitative estimate of drug-likeness (QED) is 0.653. The predicted molar refractivity (Wildman–Crippen MR) is 52.9 cm³/mol. The molecule has 0 fully saturated rings. The first-order chi connectivity index (χ1) is 6.42. The number of H-pyrrole nitrogens is 1. The van der Waals surface area contributed by atoms with Gasteiger partial charge in [-0.05, 0) is 12.1 Å². The molecule has 1 N–H and O–H groups in total. The Kier molecular flexibility index (Phi) is 1.85. The van der Waals surface area contributed by atoms with Gasteiger partial charge >= 0.3 is 0 Å². The van der Waals surface area contributed by atoms with Gasteiger partial charge in [0.1, 0.15) is 0 Å². The maximum atomic E-state index is 8.39. The molecule has 0 spiro atoms. The van der Waals surface area contributed by atoms with E-state index in [0.717, 1.165) is 16.5 Å². The summed E-state index contributed by atoms with van der Waals surface area (Å²) in [6.45, 7) is 0. The Hall–Kier alpha value is -2.01. The zero-order valence-electron chi connectivity index (χ0n) is 6.99. The highest BCUT2D eigenvalue weighted by atomic mass is 14.7. The van der Waals surface area contributed by atoms with Crippen molar-refractivity contribution < 1.29 is 0 Å². The van der Waals surface area contributed by atoms with Gasteiger partial charge in [-0.15, -0.1) is 0 Å². The molecule has 0 amide bonds. The molecule has 2 rings (SSSR count). The minimum absolute atomic E-state index is 1.05. The Morgan fingerprint density at radius 1 is 1.31 bits per heavy atom. The standard InChI is InChI=1S/C11H8N2/c12-7-3-4-9-8-13-11-6-2-1-5-10(9)11/h1-6,8,13H/b4-3-. The minimum Gasteiger partial charge on any atom is -0.361 e. The van der Waals surface area contributed by atoms with Crippen LogP contribution in [0.3, 0.4) is 0 Å². The Morgan fingerprint density at radius 2 is 2.15 bits per heavy atom. The smallest absolute Gasteiger partial charge is 0.0912 e. The van der Waals surface area contributed by atoms with Gasteiger partial charge in [-0.1, -0.05) is 18.2 Å². The number of aromatic nitrogens is 1. The highest BCUT2D eigenvalue weighted by Crippen LogP contribution is 2.18. The monoisotopic (exact) mass is 168 g/mol. The van der Waals surface area contributed by atoms with Crippen molar-refractivity contribution in [1.82, 2.24) is 4.98 Å². The average molecular weight is 168 g/mol. The second kappa shape index (κ2) is 3.16. The van der Waals surface area contributed by atoms with E-state index in [1.165, 1.54) is 6.08 Å². The van der Waals surface area contributed by atoms with Crippen molar-refractivity contribution in [3.05, 3.63) is 42.1 Å². The third-order valence-electron chi connectivity index (χ3n) is 1.96. The van der Waals surface area contributed by atoms with Gasteiger partial charge in [-0.2, -0.15) is 5.26 Å². The van der Waals surface area contributed by atoms with E-state index < -0.39 is 0 Å². The molecule has 0 saturated heterocycles. The van der Waals surface area contributed by atoms with Crippen LogP contribution in [0.5, 0.6) is 0 Å². The summed E-state index contributed by atoms with van der Waals surface area (Å²) in [7, 11) is 0. The summed E-state index contributed by atoms with van der Waals surface area (Å²) >= 11 is 0. The van der Waals surface area contributed by atoms with Crippen LogP contribution in [0.1, 0.15) is 5.56 Å². The number of rotatable bonds is 1. The van der Waals surface area contributed by atoms with Crippen molar-refractivity contribution in [1.29, 1.82) is 5.26 Å². The number of hydrogen-bond donors (Lipinski definition) is 1.